The molecule has 6 aromatic carbocycles. The second-order valence-electron chi connectivity index (χ2n) is 11.7. The van der Waals surface area contributed by atoms with E-state index in [1.807, 2.05) is 0 Å². The van der Waals surface area contributed by atoms with E-state index in [4.69, 9.17) is 30.1 Å². The first kappa shape index (κ1) is 39.9. The van der Waals surface area contributed by atoms with Crippen LogP contribution in [0.1, 0.15) is 11.1 Å². The topological polar surface area (TPSA) is 101 Å². The molecule has 6 aromatic rings. The zero-order valence-corrected chi connectivity index (χ0v) is 29.7. The molecule has 0 radical (unpaired) electrons. The molecule has 0 unspecified atom stereocenters. The molecule has 57 heavy (non-hydrogen) atoms. The Labute approximate surface area is 318 Å². The number of halogens is 8. The highest BCUT2D eigenvalue weighted by atomic mass is 32.2. The van der Waals surface area contributed by atoms with Gasteiger partial charge in [-0.2, -0.15) is 26.0 Å². The Hall–Kier alpha value is -6.77. The Morgan fingerprint density at radius 2 is 0.947 bits per heavy atom. The summed E-state index contributed by atoms with van der Waals surface area (Å²) in [6.07, 6.45) is 5.40. The lowest BCUT2D eigenvalue weighted by Gasteiger charge is -2.17. The number of benzene rings is 6. The highest BCUT2D eigenvalue weighted by Gasteiger charge is 2.36. The molecule has 0 amide bonds. The van der Waals surface area contributed by atoms with Crippen LogP contribution in [0.2, 0.25) is 0 Å². The molecule has 0 aliphatic heterocycles. The minimum Gasteiger partial charge on any atom is -0.497 e. The van der Waals surface area contributed by atoms with Gasteiger partial charge in [0.1, 0.15) is 45.1 Å². The fraction of sp³-hybridized carbons (Fsp3) is 0.0500. The van der Waals surface area contributed by atoms with E-state index in [2.05, 4.69) is 5.92 Å². The molecule has 0 aliphatic rings. The van der Waals surface area contributed by atoms with E-state index in [0.717, 1.165) is 18.2 Å². The second kappa shape index (κ2) is 15.8. The van der Waals surface area contributed by atoms with Gasteiger partial charge in [0.05, 0.1) is 18.2 Å². The standard InChI is InChI=1S/C40H22F8O8S/c1-4-20-15-19(2)16-26(17-20)54-25-13-14-27(28(18-25)57(49,50)51)56-40-37(47)33(43)30(34(44)38(40)48)29-31(41)35(45)39(36(46)32(29)42)55-24-11-9-23(10-12-24)53-22-7-5-21(52-3)6-8-22/h1,5-18H,2-3H3,(H,49,50,51). The lowest BCUT2D eigenvalue weighted by atomic mass is 10.0. The largest absolute Gasteiger partial charge is 0.497 e. The first-order valence-corrected chi connectivity index (χ1v) is 17.3. The molecule has 0 heterocycles. The number of methoxy groups -OCH3 is 1. The van der Waals surface area contributed by atoms with Crippen LogP contribution in [-0.4, -0.2) is 20.1 Å². The molecule has 0 fully saturated rings. The quantitative estimate of drug-likeness (QED) is 0.0597. The SMILES string of the molecule is C#Cc1cc(C)cc(Oc2ccc(Oc3c(F)c(F)c(-c4c(F)c(F)c(Oc5ccc(Oc6ccc(OC)cc6)cc5)c(F)c4F)c(F)c3F)c(S(=O)(=O)O)c2)c1. The predicted molar refractivity (Wildman–Crippen MR) is 187 cm³/mol. The van der Waals surface area contributed by atoms with Gasteiger partial charge in [0.15, 0.2) is 23.3 Å². The van der Waals surface area contributed by atoms with Crippen LogP contribution in [0.4, 0.5) is 35.1 Å². The molecule has 0 spiro atoms. The lowest BCUT2D eigenvalue weighted by molar-refractivity contribution is 0.356. The number of ether oxygens (including phenoxy) is 5. The van der Waals surface area contributed by atoms with Crippen LogP contribution in [0.5, 0.6) is 51.7 Å². The summed E-state index contributed by atoms with van der Waals surface area (Å²) in [4.78, 5) is -1.22. The van der Waals surface area contributed by atoms with Crippen LogP contribution in [0.15, 0.2) is 89.8 Å². The third-order valence-corrected chi connectivity index (χ3v) is 8.77. The van der Waals surface area contributed by atoms with Gasteiger partial charge in [-0.05, 0) is 91.3 Å². The third-order valence-electron chi connectivity index (χ3n) is 7.89. The summed E-state index contributed by atoms with van der Waals surface area (Å²) in [6.45, 7) is 1.67. The molecule has 0 bridgehead atoms. The molecule has 0 saturated carbocycles. The Morgan fingerprint density at radius 1 is 0.526 bits per heavy atom. The van der Waals surface area contributed by atoms with Gasteiger partial charge in [-0.25, -0.2) is 17.6 Å². The van der Waals surface area contributed by atoms with Gasteiger partial charge in [-0.15, -0.1) is 6.42 Å². The average molecular weight is 815 g/mol. The molecule has 0 saturated heterocycles. The molecule has 0 aromatic heterocycles. The number of hydrogen-bond donors (Lipinski definition) is 1. The van der Waals surface area contributed by atoms with Crippen molar-refractivity contribution in [2.75, 3.05) is 7.11 Å². The van der Waals surface area contributed by atoms with Crippen molar-refractivity contribution in [2.45, 2.75) is 11.8 Å². The maximum Gasteiger partial charge on any atom is 0.298 e. The predicted octanol–water partition coefficient (Wildman–Crippen LogP) is 11.2. The Morgan fingerprint density at radius 3 is 1.40 bits per heavy atom. The summed E-state index contributed by atoms with van der Waals surface area (Å²) < 4.78 is 183. The highest BCUT2D eigenvalue weighted by molar-refractivity contribution is 7.86. The van der Waals surface area contributed by atoms with Crippen molar-refractivity contribution >= 4 is 10.1 Å². The second-order valence-corrected chi connectivity index (χ2v) is 13.1. The van der Waals surface area contributed by atoms with Crippen LogP contribution in [0.3, 0.4) is 0 Å². The Balaban J connectivity index is 1.31. The molecule has 0 atom stereocenters. The van der Waals surface area contributed by atoms with E-state index in [0.29, 0.717) is 34.8 Å². The molecular formula is C40H22F8O8S. The molecular weight excluding hydrogens is 792 g/mol. The number of rotatable bonds is 11. The van der Waals surface area contributed by atoms with Crippen LogP contribution >= 0.6 is 0 Å². The van der Waals surface area contributed by atoms with E-state index >= 15 is 35.1 Å². The summed E-state index contributed by atoms with van der Waals surface area (Å²) in [5.41, 5.74) is -3.42. The smallest absolute Gasteiger partial charge is 0.298 e. The van der Waals surface area contributed by atoms with Crippen LogP contribution in [0, 0.1) is 65.8 Å². The normalized spacial score (nSPS) is 11.2. The molecule has 17 heteroatoms. The van der Waals surface area contributed by atoms with Crippen LogP contribution in [0.25, 0.3) is 11.1 Å². The van der Waals surface area contributed by atoms with E-state index in [-0.39, 0.29) is 17.2 Å². The first-order chi connectivity index (χ1) is 27.0. The van der Waals surface area contributed by atoms with E-state index in [9.17, 15) is 13.0 Å². The van der Waals surface area contributed by atoms with E-state index < -0.39 is 95.7 Å². The third kappa shape index (κ3) is 8.13. The fourth-order valence-electron chi connectivity index (χ4n) is 5.29. The lowest BCUT2D eigenvalue weighted by Crippen LogP contribution is -2.10. The molecule has 6 rings (SSSR count). The summed E-state index contributed by atoms with van der Waals surface area (Å²) in [6, 6.07) is 17.9. The van der Waals surface area contributed by atoms with Gasteiger partial charge in [0.25, 0.3) is 10.1 Å². The molecule has 292 valence electrons. The van der Waals surface area contributed by atoms with Crippen molar-refractivity contribution < 1.29 is 71.8 Å². The molecule has 8 nitrogen and oxygen atoms in total. The van der Waals surface area contributed by atoms with E-state index in [1.165, 1.54) is 31.4 Å². The van der Waals surface area contributed by atoms with Gasteiger partial charge in [0, 0.05) is 11.6 Å². The summed E-state index contributed by atoms with van der Waals surface area (Å²) in [5.74, 6) is -21.9. The highest BCUT2D eigenvalue weighted by Crippen LogP contribution is 2.44. The zero-order valence-electron chi connectivity index (χ0n) is 28.9. The van der Waals surface area contributed by atoms with Crippen molar-refractivity contribution in [1.82, 2.24) is 0 Å². The van der Waals surface area contributed by atoms with Crippen molar-refractivity contribution in [1.29, 1.82) is 0 Å². The summed E-state index contributed by atoms with van der Waals surface area (Å²) in [7, 11) is -3.86. The molecule has 1 N–H and O–H groups in total. The minimum atomic E-state index is -5.33. The number of hydrogen-bond acceptors (Lipinski definition) is 7. The Kier molecular flexibility index (Phi) is 11.0. The van der Waals surface area contributed by atoms with Crippen molar-refractivity contribution in [2.24, 2.45) is 0 Å². The fourth-order valence-corrected chi connectivity index (χ4v) is 5.92. The van der Waals surface area contributed by atoms with Crippen molar-refractivity contribution in [3.05, 3.63) is 143 Å². The maximum absolute atomic E-state index is 15.4. The molecule has 0 aliphatic carbocycles. The summed E-state index contributed by atoms with van der Waals surface area (Å²) in [5, 5.41) is 0. The van der Waals surface area contributed by atoms with Gasteiger partial charge < -0.3 is 23.7 Å². The Bertz CT molecular complexity index is 2640. The van der Waals surface area contributed by atoms with Gasteiger partial charge in [-0.3, -0.25) is 4.55 Å². The van der Waals surface area contributed by atoms with Crippen LogP contribution in [-0.2, 0) is 10.1 Å². The number of aryl methyl sites for hydroxylation is 1. The number of terminal acetylenes is 1. The average Bonchev–Trinajstić information content (AvgIpc) is 3.18. The van der Waals surface area contributed by atoms with Crippen LogP contribution < -0.4 is 23.7 Å². The van der Waals surface area contributed by atoms with Gasteiger partial charge >= 0.3 is 0 Å². The summed E-state index contributed by atoms with van der Waals surface area (Å²) >= 11 is 0. The van der Waals surface area contributed by atoms with Crippen molar-refractivity contribution in [3.8, 4) is 75.2 Å². The van der Waals surface area contributed by atoms with Gasteiger partial charge in [0.2, 0.25) is 34.8 Å². The van der Waals surface area contributed by atoms with Gasteiger partial charge in [-0.1, -0.05) is 5.92 Å². The zero-order chi connectivity index (χ0) is 41.3. The first-order valence-electron chi connectivity index (χ1n) is 15.9. The monoisotopic (exact) mass is 814 g/mol. The minimum absolute atomic E-state index is 0.104. The maximum atomic E-state index is 15.4. The van der Waals surface area contributed by atoms with E-state index in [1.54, 1.807) is 37.3 Å². The van der Waals surface area contributed by atoms with Crippen molar-refractivity contribution in [3.63, 3.8) is 0 Å².